The lowest BCUT2D eigenvalue weighted by Gasteiger charge is -2.45. The second kappa shape index (κ2) is 5.92. The van der Waals surface area contributed by atoms with Crippen LogP contribution in [-0.2, 0) is 9.47 Å². The van der Waals surface area contributed by atoms with Crippen LogP contribution in [0.2, 0.25) is 0 Å². The van der Waals surface area contributed by atoms with Crippen LogP contribution >= 0.6 is 0 Å². The van der Waals surface area contributed by atoms with Crippen LogP contribution in [0, 0.1) is 23.2 Å². The van der Waals surface area contributed by atoms with E-state index in [0.717, 1.165) is 37.6 Å². The third-order valence-corrected chi connectivity index (χ3v) is 5.36. The molecule has 0 aromatic heterocycles. The summed E-state index contributed by atoms with van der Waals surface area (Å²) in [5.41, 5.74) is 0.311. The van der Waals surface area contributed by atoms with Crippen molar-refractivity contribution in [3.8, 4) is 0 Å². The summed E-state index contributed by atoms with van der Waals surface area (Å²) in [7, 11) is 0. The zero-order chi connectivity index (χ0) is 13.2. The number of hydrogen-bond donors (Lipinski definition) is 0. The molecule has 1 unspecified atom stereocenters. The van der Waals surface area contributed by atoms with E-state index in [0.29, 0.717) is 11.5 Å². The summed E-state index contributed by atoms with van der Waals surface area (Å²) in [5.74, 6) is 2.30. The summed E-state index contributed by atoms with van der Waals surface area (Å²) in [6.45, 7) is 12.3. The molecule has 0 N–H and O–H groups in total. The van der Waals surface area contributed by atoms with Crippen molar-refractivity contribution in [3.05, 3.63) is 0 Å². The Labute approximate surface area is 112 Å². The van der Waals surface area contributed by atoms with Gasteiger partial charge in [0, 0.05) is 13.2 Å². The van der Waals surface area contributed by atoms with Crippen molar-refractivity contribution in [3.63, 3.8) is 0 Å². The molecule has 2 saturated heterocycles. The zero-order valence-electron chi connectivity index (χ0n) is 12.6. The van der Waals surface area contributed by atoms with Crippen LogP contribution in [0.4, 0.5) is 0 Å². The van der Waals surface area contributed by atoms with E-state index in [2.05, 4.69) is 27.7 Å². The monoisotopic (exact) mass is 254 g/mol. The van der Waals surface area contributed by atoms with Gasteiger partial charge in [-0.3, -0.25) is 0 Å². The Morgan fingerprint density at radius 1 is 1.00 bits per heavy atom. The van der Waals surface area contributed by atoms with Gasteiger partial charge in [-0.2, -0.15) is 0 Å². The van der Waals surface area contributed by atoms with E-state index >= 15 is 0 Å². The van der Waals surface area contributed by atoms with E-state index in [-0.39, 0.29) is 0 Å². The van der Waals surface area contributed by atoms with Crippen molar-refractivity contribution in [2.24, 2.45) is 23.2 Å². The maximum absolute atomic E-state index is 6.23. The summed E-state index contributed by atoms with van der Waals surface area (Å²) in [5, 5.41) is 0. The summed E-state index contributed by atoms with van der Waals surface area (Å²) in [6.07, 6.45) is 5.46. The van der Waals surface area contributed by atoms with E-state index in [4.69, 9.17) is 9.47 Å². The van der Waals surface area contributed by atoms with E-state index in [1.165, 1.54) is 25.7 Å². The topological polar surface area (TPSA) is 18.5 Å². The molecule has 0 spiro atoms. The molecule has 2 heterocycles. The first-order valence-corrected chi connectivity index (χ1v) is 7.71. The van der Waals surface area contributed by atoms with Gasteiger partial charge in [-0.1, -0.05) is 27.7 Å². The molecule has 2 fully saturated rings. The second-order valence-corrected chi connectivity index (χ2v) is 7.11. The van der Waals surface area contributed by atoms with Crippen LogP contribution in [-0.4, -0.2) is 25.9 Å². The van der Waals surface area contributed by atoms with Crippen LogP contribution < -0.4 is 0 Å². The standard InChI is InChI=1S/C16H30O2/c1-12(2)13-5-6-15(18-11-13)16(3,4)14-7-9-17-10-8-14/h12-15H,5-11H2,1-4H3/t13-,15?/m0/s1. The molecule has 2 nitrogen and oxygen atoms in total. The smallest absolute Gasteiger partial charge is 0.0628 e. The largest absolute Gasteiger partial charge is 0.381 e. The highest BCUT2D eigenvalue weighted by Gasteiger charge is 2.40. The van der Waals surface area contributed by atoms with Crippen LogP contribution in [0.1, 0.15) is 53.4 Å². The average Bonchev–Trinajstić information content (AvgIpc) is 2.40. The third kappa shape index (κ3) is 3.08. The molecule has 2 aliphatic heterocycles. The predicted molar refractivity (Wildman–Crippen MR) is 74.6 cm³/mol. The molecule has 2 heteroatoms. The fraction of sp³-hybridized carbons (Fsp3) is 1.00. The van der Waals surface area contributed by atoms with Gasteiger partial charge in [0.1, 0.15) is 0 Å². The molecule has 106 valence electrons. The highest BCUT2D eigenvalue weighted by molar-refractivity contribution is 4.89. The Kier molecular flexibility index (Phi) is 4.71. The first kappa shape index (κ1) is 14.3. The second-order valence-electron chi connectivity index (χ2n) is 7.11. The Balaban J connectivity index is 1.90. The minimum atomic E-state index is 0.311. The summed E-state index contributed by atoms with van der Waals surface area (Å²) in [6, 6.07) is 0. The van der Waals surface area contributed by atoms with Gasteiger partial charge < -0.3 is 9.47 Å². The van der Waals surface area contributed by atoms with Crippen molar-refractivity contribution in [2.75, 3.05) is 19.8 Å². The van der Waals surface area contributed by atoms with Crippen molar-refractivity contribution in [1.82, 2.24) is 0 Å². The van der Waals surface area contributed by atoms with Crippen LogP contribution in [0.5, 0.6) is 0 Å². The van der Waals surface area contributed by atoms with E-state index in [1.807, 2.05) is 0 Å². The van der Waals surface area contributed by atoms with Crippen molar-refractivity contribution < 1.29 is 9.47 Å². The molecule has 0 radical (unpaired) electrons. The fourth-order valence-electron chi connectivity index (χ4n) is 3.59. The molecule has 0 aliphatic carbocycles. The van der Waals surface area contributed by atoms with E-state index in [9.17, 15) is 0 Å². The molecular formula is C16H30O2. The highest BCUT2D eigenvalue weighted by Crippen LogP contribution is 2.43. The summed E-state index contributed by atoms with van der Waals surface area (Å²) in [4.78, 5) is 0. The van der Waals surface area contributed by atoms with Gasteiger partial charge >= 0.3 is 0 Å². The van der Waals surface area contributed by atoms with Gasteiger partial charge in [-0.25, -0.2) is 0 Å². The van der Waals surface area contributed by atoms with Crippen LogP contribution in [0.15, 0.2) is 0 Å². The molecule has 0 aromatic rings. The molecule has 2 aliphatic rings. The number of rotatable bonds is 3. The van der Waals surface area contributed by atoms with Gasteiger partial charge in [0.15, 0.2) is 0 Å². The maximum atomic E-state index is 6.23. The van der Waals surface area contributed by atoms with Gasteiger partial charge in [-0.15, -0.1) is 0 Å². The van der Waals surface area contributed by atoms with Crippen molar-refractivity contribution >= 4 is 0 Å². The average molecular weight is 254 g/mol. The minimum Gasteiger partial charge on any atom is -0.381 e. The first-order valence-electron chi connectivity index (χ1n) is 7.71. The Bertz CT molecular complexity index is 246. The SMILES string of the molecule is CC(C)[C@H]1CCC(C(C)(C)C2CCOCC2)OC1. The Morgan fingerprint density at radius 2 is 1.67 bits per heavy atom. The molecule has 18 heavy (non-hydrogen) atoms. The molecule has 0 amide bonds. The van der Waals surface area contributed by atoms with Crippen molar-refractivity contribution in [2.45, 2.75) is 59.5 Å². The molecule has 2 atom stereocenters. The summed E-state index contributed by atoms with van der Waals surface area (Å²) >= 11 is 0. The Morgan fingerprint density at radius 3 is 2.17 bits per heavy atom. The van der Waals surface area contributed by atoms with E-state index < -0.39 is 0 Å². The predicted octanol–water partition coefficient (Wildman–Crippen LogP) is 3.89. The lowest BCUT2D eigenvalue weighted by atomic mass is 9.68. The van der Waals surface area contributed by atoms with Gasteiger partial charge in [0.2, 0.25) is 0 Å². The minimum absolute atomic E-state index is 0.311. The van der Waals surface area contributed by atoms with Crippen molar-refractivity contribution in [1.29, 1.82) is 0 Å². The molecule has 2 rings (SSSR count). The quantitative estimate of drug-likeness (QED) is 0.760. The van der Waals surface area contributed by atoms with Gasteiger partial charge in [0.05, 0.1) is 12.7 Å². The van der Waals surface area contributed by atoms with Gasteiger partial charge in [0.25, 0.3) is 0 Å². The highest BCUT2D eigenvalue weighted by atomic mass is 16.5. The van der Waals surface area contributed by atoms with Crippen LogP contribution in [0.3, 0.4) is 0 Å². The van der Waals surface area contributed by atoms with E-state index in [1.54, 1.807) is 0 Å². The number of ether oxygens (including phenoxy) is 2. The molecule has 0 saturated carbocycles. The lowest BCUT2D eigenvalue weighted by molar-refractivity contribution is -0.117. The molecule has 0 bridgehead atoms. The summed E-state index contributed by atoms with van der Waals surface area (Å²) < 4.78 is 11.7. The Hall–Kier alpha value is -0.0800. The van der Waals surface area contributed by atoms with Gasteiger partial charge in [-0.05, 0) is 48.9 Å². The molecule has 0 aromatic carbocycles. The molecular weight excluding hydrogens is 224 g/mol. The third-order valence-electron chi connectivity index (χ3n) is 5.36. The lowest BCUT2D eigenvalue weighted by Crippen LogP contribution is -2.44. The van der Waals surface area contributed by atoms with Crippen LogP contribution in [0.25, 0.3) is 0 Å². The zero-order valence-corrected chi connectivity index (χ0v) is 12.6. The number of hydrogen-bond acceptors (Lipinski definition) is 2. The fourth-order valence-corrected chi connectivity index (χ4v) is 3.59. The maximum Gasteiger partial charge on any atom is 0.0628 e. The first-order chi connectivity index (χ1) is 8.51. The normalized spacial score (nSPS) is 31.8.